The molecule has 0 saturated heterocycles. The maximum atomic E-state index is 12.3. The quantitative estimate of drug-likeness (QED) is 0.0539. The molecule has 0 rings (SSSR count). The van der Waals surface area contributed by atoms with Gasteiger partial charge in [-0.3, -0.25) is 4.79 Å². The van der Waals surface area contributed by atoms with Crippen molar-refractivity contribution < 1.29 is 15.0 Å². The molecule has 0 fully saturated rings. The van der Waals surface area contributed by atoms with Gasteiger partial charge in [0.05, 0.1) is 18.8 Å². The van der Waals surface area contributed by atoms with E-state index in [1.807, 2.05) is 6.08 Å². The molecule has 252 valence electrons. The second kappa shape index (κ2) is 35.3. The molecule has 0 bridgehead atoms. The van der Waals surface area contributed by atoms with Gasteiger partial charge in [0, 0.05) is 6.42 Å². The molecule has 0 aromatic heterocycles. The molecule has 0 radical (unpaired) electrons. The predicted octanol–water partition coefficient (Wildman–Crippen LogP) is 10.8. The van der Waals surface area contributed by atoms with Gasteiger partial charge < -0.3 is 15.5 Å². The van der Waals surface area contributed by atoms with Crippen LogP contribution in [0.4, 0.5) is 0 Å². The van der Waals surface area contributed by atoms with Crippen LogP contribution in [0.1, 0.15) is 155 Å². The number of aliphatic hydroxyl groups is 2. The summed E-state index contributed by atoms with van der Waals surface area (Å²) in [5, 5.41) is 22.8. The van der Waals surface area contributed by atoms with Gasteiger partial charge in [-0.15, -0.1) is 0 Å². The van der Waals surface area contributed by atoms with Crippen molar-refractivity contribution in [1.82, 2.24) is 5.32 Å². The number of allylic oxidation sites excluding steroid dienone is 11. The van der Waals surface area contributed by atoms with Gasteiger partial charge in [-0.25, -0.2) is 0 Å². The third-order valence-corrected chi connectivity index (χ3v) is 7.65. The Morgan fingerprint density at radius 2 is 1.02 bits per heavy atom. The second-order valence-electron chi connectivity index (χ2n) is 11.9. The maximum absolute atomic E-state index is 12.3. The highest BCUT2D eigenvalue weighted by Crippen LogP contribution is 2.11. The summed E-state index contributed by atoms with van der Waals surface area (Å²) in [4.78, 5) is 12.3. The van der Waals surface area contributed by atoms with E-state index in [0.717, 1.165) is 70.6 Å². The molecule has 0 saturated carbocycles. The highest BCUT2D eigenvalue weighted by molar-refractivity contribution is 5.76. The van der Waals surface area contributed by atoms with Gasteiger partial charge in [-0.2, -0.15) is 0 Å². The van der Waals surface area contributed by atoms with Crippen LogP contribution in [0.15, 0.2) is 72.9 Å². The van der Waals surface area contributed by atoms with Crippen molar-refractivity contribution in [3.05, 3.63) is 72.9 Å². The van der Waals surface area contributed by atoms with E-state index in [1.165, 1.54) is 64.2 Å². The Hall–Kier alpha value is -2.17. The lowest BCUT2D eigenvalue weighted by molar-refractivity contribution is -0.123. The zero-order valence-corrected chi connectivity index (χ0v) is 28.6. The summed E-state index contributed by atoms with van der Waals surface area (Å²) in [6, 6.07) is -0.662. The minimum Gasteiger partial charge on any atom is -0.394 e. The maximum Gasteiger partial charge on any atom is 0.220 e. The van der Waals surface area contributed by atoms with Crippen LogP contribution in [0, 0.1) is 0 Å². The van der Waals surface area contributed by atoms with Gasteiger partial charge in [-0.1, -0.05) is 145 Å². The molecule has 0 heterocycles. The third-order valence-electron chi connectivity index (χ3n) is 7.65. The Kier molecular flexibility index (Phi) is 33.6. The first-order valence-corrected chi connectivity index (χ1v) is 18.2. The lowest BCUT2D eigenvalue weighted by atomic mass is 10.1. The summed E-state index contributed by atoms with van der Waals surface area (Å²) >= 11 is 0. The second-order valence-corrected chi connectivity index (χ2v) is 11.9. The van der Waals surface area contributed by atoms with E-state index in [9.17, 15) is 15.0 Å². The standard InChI is InChI=1S/C40H69NO3/c1-3-5-7-9-11-13-15-17-18-19-20-21-22-24-25-27-29-31-33-35-39(43)38(37-42)41-40(44)36-34-32-30-28-26-23-16-14-12-10-8-6-4-2/h6,8,12,14,20-21,23,25-27,33,35,38-39,42-43H,3-5,7,9-11,13,15-19,22,24,28-32,34,36-37H2,1-2H3,(H,41,44)/b8-6-,14-12-,21-20+,26-23-,27-25+,35-33+. The van der Waals surface area contributed by atoms with Crippen LogP contribution in [0.25, 0.3) is 0 Å². The average molecular weight is 612 g/mol. The largest absolute Gasteiger partial charge is 0.394 e. The number of rotatable bonds is 31. The number of unbranched alkanes of at least 4 members (excludes halogenated alkanes) is 14. The molecule has 0 aromatic carbocycles. The fraction of sp³-hybridized carbons (Fsp3) is 0.675. The van der Waals surface area contributed by atoms with Crippen LogP contribution in [0.2, 0.25) is 0 Å². The molecule has 0 aliphatic carbocycles. The number of nitrogens with one attached hydrogen (secondary N) is 1. The van der Waals surface area contributed by atoms with E-state index in [0.29, 0.717) is 6.42 Å². The van der Waals surface area contributed by atoms with Crippen molar-refractivity contribution in [2.45, 2.75) is 167 Å². The van der Waals surface area contributed by atoms with Gasteiger partial charge in [0.2, 0.25) is 5.91 Å². The molecule has 0 aliphatic heterocycles. The first-order valence-electron chi connectivity index (χ1n) is 18.2. The third kappa shape index (κ3) is 31.3. The molecule has 4 nitrogen and oxygen atoms in total. The van der Waals surface area contributed by atoms with Crippen LogP contribution in [0.3, 0.4) is 0 Å². The zero-order valence-electron chi connectivity index (χ0n) is 28.6. The first-order chi connectivity index (χ1) is 21.7. The van der Waals surface area contributed by atoms with Crippen LogP contribution in [-0.2, 0) is 4.79 Å². The fourth-order valence-electron chi connectivity index (χ4n) is 4.87. The molecular weight excluding hydrogens is 542 g/mol. The van der Waals surface area contributed by atoms with Crippen LogP contribution in [-0.4, -0.2) is 34.9 Å². The van der Waals surface area contributed by atoms with Crippen LogP contribution in [0.5, 0.6) is 0 Å². The minimum atomic E-state index is -0.884. The van der Waals surface area contributed by atoms with Crippen molar-refractivity contribution in [1.29, 1.82) is 0 Å². The van der Waals surface area contributed by atoms with E-state index >= 15 is 0 Å². The number of aliphatic hydroxyl groups excluding tert-OH is 2. The first kappa shape index (κ1) is 41.8. The van der Waals surface area contributed by atoms with E-state index < -0.39 is 12.1 Å². The van der Waals surface area contributed by atoms with Gasteiger partial charge in [0.25, 0.3) is 0 Å². The SMILES string of the molecule is CC/C=C\C/C=C\C/C=C\CCCCCC(=O)NC(CO)C(O)/C=C/CC/C=C/CC/C=C/CCCCCCCCCCC. The average Bonchev–Trinajstić information content (AvgIpc) is 3.03. The molecule has 1 amide bonds. The number of hydrogen-bond acceptors (Lipinski definition) is 3. The number of carbonyl (C=O) groups is 1. The highest BCUT2D eigenvalue weighted by atomic mass is 16.3. The van der Waals surface area contributed by atoms with Crippen LogP contribution >= 0.6 is 0 Å². The Bertz CT molecular complexity index is 792. The van der Waals surface area contributed by atoms with Crippen molar-refractivity contribution in [3.8, 4) is 0 Å². The number of hydrogen-bond donors (Lipinski definition) is 3. The van der Waals surface area contributed by atoms with E-state index in [4.69, 9.17) is 0 Å². The highest BCUT2D eigenvalue weighted by Gasteiger charge is 2.17. The van der Waals surface area contributed by atoms with Crippen molar-refractivity contribution in [2.75, 3.05) is 6.61 Å². The molecule has 2 unspecified atom stereocenters. The van der Waals surface area contributed by atoms with Gasteiger partial charge in [-0.05, 0) is 77.0 Å². The Labute approximate surface area is 272 Å². The van der Waals surface area contributed by atoms with Gasteiger partial charge in [0.1, 0.15) is 0 Å². The minimum absolute atomic E-state index is 0.112. The van der Waals surface area contributed by atoms with E-state index in [1.54, 1.807) is 6.08 Å². The van der Waals surface area contributed by atoms with Gasteiger partial charge >= 0.3 is 0 Å². The van der Waals surface area contributed by atoms with Crippen molar-refractivity contribution >= 4 is 5.91 Å². The molecule has 0 aromatic rings. The molecule has 3 N–H and O–H groups in total. The van der Waals surface area contributed by atoms with Gasteiger partial charge in [0.15, 0.2) is 0 Å². The molecule has 44 heavy (non-hydrogen) atoms. The summed E-state index contributed by atoms with van der Waals surface area (Å²) < 4.78 is 0. The smallest absolute Gasteiger partial charge is 0.220 e. The lowest BCUT2D eigenvalue weighted by Crippen LogP contribution is -2.45. The monoisotopic (exact) mass is 612 g/mol. The van der Waals surface area contributed by atoms with Crippen molar-refractivity contribution in [3.63, 3.8) is 0 Å². The Morgan fingerprint density at radius 1 is 0.568 bits per heavy atom. The zero-order chi connectivity index (χ0) is 32.2. The summed E-state index contributed by atoms with van der Waals surface area (Å²) in [6.07, 6.45) is 49.9. The Balaban J connectivity index is 3.78. The molecular formula is C40H69NO3. The van der Waals surface area contributed by atoms with E-state index in [-0.39, 0.29) is 12.5 Å². The molecule has 2 atom stereocenters. The lowest BCUT2D eigenvalue weighted by Gasteiger charge is -2.19. The molecule has 4 heteroatoms. The van der Waals surface area contributed by atoms with Crippen LogP contribution < -0.4 is 5.32 Å². The summed E-state index contributed by atoms with van der Waals surface area (Å²) in [5.74, 6) is -0.112. The van der Waals surface area contributed by atoms with Crippen molar-refractivity contribution in [2.24, 2.45) is 0 Å². The normalized spacial score (nSPS) is 14.0. The summed E-state index contributed by atoms with van der Waals surface area (Å²) in [6.45, 7) is 4.14. The van der Waals surface area contributed by atoms with E-state index in [2.05, 4.69) is 79.9 Å². The number of carbonyl (C=O) groups excluding carboxylic acids is 1. The molecule has 0 spiro atoms. The predicted molar refractivity (Wildman–Crippen MR) is 193 cm³/mol. The summed E-state index contributed by atoms with van der Waals surface area (Å²) in [5.41, 5.74) is 0. The summed E-state index contributed by atoms with van der Waals surface area (Å²) in [7, 11) is 0. The Morgan fingerprint density at radius 3 is 1.59 bits per heavy atom. The fourth-order valence-corrected chi connectivity index (χ4v) is 4.87. The topological polar surface area (TPSA) is 69.6 Å². The number of amides is 1. The molecule has 0 aliphatic rings.